The van der Waals surface area contributed by atoms with E-state index in [2.05, 4.69) is 25.9 Å². The second-order valence-electron chi connectivity index (χ2n) is 4.34. The minimum absolute atomic E-state index is 0.00492. The van der Waals surface area contributed by atoms with Crippen LogP contribution in [0.4, 0.5) is 0 Å². The van der Waals surface area contributed by atoms with Crippen LogP contribution in [0.2, 0.25) is 0 Å². The molecule has 1 heterocycles. The molecule has 0 atom stereocenters. The Bertz CT molecular complexity index is 307. The summed E-state index contributed by atoms with van der Waals surface area (Å²) in [5.74, 6) is 0.174. The molecule has 0 spiro atoms. The van der Waals surface area contributed by atoms with Crippen LogP contribution in [0.3, 0.4) is 0 Å². The Morgan fingerprint density at radius 1 is 1.54 bits per heavy atom. The Balaban J connectivity index is 2.81. The number of rotatable bonds is 2. The Kier molecular flexibility index (Phi) is 2.55. The van der Waals surface area contributed by atoms with Crippen molar-refractivity contribution in [3.63, 3.8) is 0 Å². The molecule has 0 bridgehead atoms. The lowest BCUT2D eigenvalue weighted by Gasteiger charge is -2.18. The molecule has 72 valence electrons. The first kappa shape index (κ1) is 9.96. The van der Waals surface area contributed by atoms with Crippen LogP contribution in [-0.2, 0) is 16.8 Å². The first-order valence-electron chi connectivity index (χ1n) is 4.43. The van der Waals surface area contributed by atoms with Gasteiger partial charge in [-0.25, -0.2) is 0 Å². The normalized spacial score (nSPS) is 11.7. The van der Waals surface area contributed by atoms with Gasteiger partial charge < -0.3 is 0 Å². The molecular formula is C10H16N2O. The Morgan fingerprint density at radius 3 is 2.54 bits per heavy atom. The van der Waals surface area contributed by atoms with Gasteiger partial charge in [0, 0.05) is 12.6 Å². The average Bonchev–Trinajstić information content (AvgIpc) is 2.32. The molecular weight excluding hydrogens is 164 g/mol. The first-order valence-corrected chi connectivity index (χ1v) is 4.43. The number of hydrogen-bond acceptors (Lipinski definition) is 2. The summed E-state index contributed by atoms with van der Waals surface area (Å²) >= 11 is 0. The number of aromatic nitrogens is 2. The van der Waals surface area contributed by atoms with Crippen LogP contribution < -0.4 is 0 Å². The smallest absolute Gasteiger partial charge is 0.134 e. The van der Waals surface area contributed by atoms with E-state index in [-0.39, 0.29) is 11.3 Å². The summed E-state index contributed by atoms with van der Waals surface area (Å²) in [5, 5.41) is 4.20. The van der Waals surface area contributed by atoms with Gasteiger partial charge in [0.15, 0.2) is 0 Å². The molecule has 0 N–H and O–H groups in total. The molecule has 0 radical (unpaired) electrons. The van der Waals surface area contributed by atoms with E-state index in [4.69, 9.17) is 0 Å². The van der Waals surface area contributed by atoms with Crippen molar-refractivity contribution in [3.05, 3.63) is 18.0 Å². The fraction of sp³-hybridized carbons (Fsp3) is 0.600. The third-order valence-corrected chi connectivity index (χ3v) is 1.78. The highest BCUT2D eigenvalue weighted by Crippen LogP contribution is 2.13. The molecule has 0 amide bonds. The number of Topliss-reactive ketones (excluding diaryl/α,β-unsaturated/α-hetero) is 1. The lowest BCUT2D eigenvalue weighted by Crippen LogP contribution is -2.21. The number of nitrogens with zero attached hydrogens (tertiary/aromatic N) is 2. The maximum atomic E-state index is 10.8. The minimum atomic E-state index is -0.00492. The van der Waals surface area contributed by atoms with Crippen molar-refractivity contribution in [1.29, 1.82) is 0 Å². The van der Waals surface area contributed by atoms with Gasteiger partial charge in [-0.05, 0) is 33.3 Å². The van der Waals surface area contributed by atoms with Crippen LogP contribution in [0, 0.1) is 0 Å². The molecule has 0 aromatic carbocycles. The summed E-state index contributed by atoms with van der Waals surface area (Å²) in [4.78, 5) is 10.8. The maximum Gasteiger partial charge on any atom is 0.134 e. The largest absolute Gasteiger partial charge is 0.300 e. The number of carbonyl (C=O) groups is 1. The van der Waals surface area contributed by atoms with Crippen LogP contribution >= 0.6 is 0 Å². The van der Waals surface area contributed by atoms with Gasteiger partial charge in [-0.2, -0.15) is 5.10 Å². The van der Waals surface area contributed by atoms with Crippen molar-refractivity contribution in [3.8, 4) is 0 Å². The summed E-state index contributed by atoms with van der Waals surface area (Å²) in [6.07, 6.45) is 4.17. The molecule has 0 fully saturated rings. The fourth-order valence-electron chi connectivity index (χ4n) is 1.11. The molecule has 1 aromatic heterocycles. The molecule has 3 nitrogen and oxygen atoms in total. The molecule has 0 saturated carbocycles. The predicted octanol–water partition coefficient (Wildman–Crippen LogP) is 1.77. The zero-order valence-corrected chi connectivity index (χ0v) is 8.66. The molecule has 0 aliphatic carbocycles. The van der Waals surface area contributed by atoms with E-state index in [1.165, 1.54) is 0 Å². The molecule has 0 aliphatic heterocycles. The summed E-state index contributed by atoms with van der Waals surface area (Å²) in [6, 6.07) is 0. The van der Waals surface area contributed by atoms with Gasteiger partial charge in [-0.3, -0.25) is 9.48 Å². The van der Waals surface area contributed by atoms with Crippen molar-refractivity contribution < 1.29 is 4.79 Å². The van der Waals surface area contributed by atoms with E-state index in [1.807, 2.05) is 10.9 Å². The van der Waals surface area contributed by atoms with Gasteiger partial charge >= 0.3 is 0 Å². The highest BCUT2D eigenvalue weighted by molar-refractivity contribution is 5.77. The van der Waals surface area contributed by atoms with E-state index < -0.39 is 0 Å². The van der Waals surface area contributed by atoms with Crippen LogP contribution in [0.5, 0.6) is 0 Å². The van der Waals surface area contributed by atoms with E-state index in [0.29, 0.717) is 6.42 Å². The Hall–Kier alpha value is -1.12. The monoisotopic (exact) mass is 180 g/mol. The molecule has 3 heteroatoms. The second kappa shape index (κ2) is 3.32. The molecule has 1 rings (SSSR count). The van der Waals surface area contributed by atoms with Gasteiger partial charge in [-0.15, -0.1) is 0 Å². The van der Waals surface area contributed by atoms with Gasteiger partial charge in [0.2, 0.25) is 0 Å². The van der Waals surface area contributed by atoms with Gasteiger partial charge in [-0.1, -0.05) is 0 Å². The topological polar surface area (TPSA) is 34.9 Å². The van der Waals surface area contributed by atoms with Crippen LogP contribution in [0.1, 0.15) is 33.3 Å². The SMILES string of the molecule is CC(=O)Cc1cnn(C(C)(C)C)c1. The summed E-state index contributed by atoms with van der Waals surface area (Å²) in [5.41, 5.74) is 0.983. The Morgan fingerprint density at radius 2 is 2.15 bits per heavy atom. The fourth-order valence-corrected chi connectivity index (χ4v) is 1.11. The standard InChI is InChI=1S/C10H16N2O/c1-8(13)5-9-6-11-12(7-9)10(2,3)4/h6-7H,5H2,1-4H3. The molecule has 0 unspecified atom stereocenters. The van der Waals surface area contributed by atoms with Gasteiger partial charge in [0.25, 0.3) is 0 Å². The van der Waals surface area contributed by atoms with Crippen molar-refractivity contribution in [2.75, 3.05) is 0 Å². The Labute approximate surface area is 78.8 Å². The van der Waals surface area contributed by atoms with Gasteiger partial charge in [0.05, 0.1) is 11.7 Å². The third-order valence-electron chi connectivity index (χ3n) is 1.78. The maximum absolute atomic E-state index is 10.8. The molecule has 0 saturated heterocycles. The first-order chi connectivity index (χ1) is 5.89. The zero-order valence-electron chi connectivity index (χ0n) is 8.66. The minimum Gasteiger partial charge on any atom is -0.300 e. The van der Waals surface area contributed by atoms with Crippen LogP contribution in [0.15, 0.2) is 12.4 Å². The van der Waals surface area contributed by atoms with Gasteiger partial charge in [0.1, 0.15) is 5.78 Å². The van der Waals surface area contributed by atoms with E-state index in [9.17, 15) is 4.79 Å². The van der Waals surface area contributed by atoms with Crippen molar-refractivity contribution in [2.45, 2.75) is 39.7 Å². The highest BCUT2D eigenvalue weighted by Gasteiger charge is 2.13. The van der Waals surface area contributed by atoms with Crippen molar-refractivity contribution in [2.24, 2.45) is 0 Å². The van der Waals surface area contributed by atoms with Crippen molar-refractivity contribution >= 4 is 5.78 Å². The summed E-state index contributed by atoms with van der Waals surface area (Å²) in [6.45, 7) is 7.83. The van der Waals surface area contributed by atoms with E-state index >= 15 is 0 Å². The molecule has 1 aromatic rings. The van der Waals surface area contributed by atoms with Crippen molar-refractivity contribution in [1.82, 2.24) is 9.78 Å². The summed E-state index contributed by atoms with van der Waals surface area (Å²) in [7, 11) is 0. The predicted molar refractivity (Wildman–Crippen MR) is 51.6 cm³/mol. The molecule has 0 aliphatic rings. The molecule has 13 heavy (non-hydrogen) atoms. The van der Waals surface area contributed by atoms with Crippen LogP contribution in [-0.4, -0.2) is 15.6 Å². The number of ketones is 1. The highest BCUT2D eigenvalue weighted by atomic mass is 16.1. The average molecular weight is 180 g/mol. The lowest BCUT2D eigenvalue weighted by atomic mass is 10.1. The van der Waals surface area contributed by atoms with E-state index in [0.717, 1.165) is 5.56 Å². The quantitative estimate of drug-likeness (QED) is 0.695. The van der Waals surface area contributed by atoms with Crippen LogP contribution in [0.25, 0.3) is 0 Å². The number of carbonyl (C=O) groups excluding carboxylic acids is 1. The number of hydrogen-bond donors (Lipinski definition) is 0. The second-order valence-corrected chi connectivity index (χ2v) is 4.34. The third kappa shape index (κ3) is 2.68. The lowest BCUT2D eigenvalue weighted by molar-refractivity contribution is -0.116. The van der Waals surface area contributed by atoms with E-state index in [1.54, 1.807) is 13.1 Å². The zero-order chi connectivity index (χ0) is 10.1. The summed E-state index contributed by atoms with van der Waals surface area (Å²) < 4.78 is 1.88.